The number of piperazine rings is 1. The summed E-state index contributed by atoms with van der Waals surface area (Å²) in [5.74, 6) is 0.556. The molecule has 6 nitrogen and oxygen atoms in total. The molecule has 3 aromatic rings. The molecule has 0 spiro atoms. The zero-order valence-electron chi connectivity index (χ0n) is 16.0. The lowest BCUT2D eigenvalue weighted by molar-refractivity contribution is 0.102. The van der Waals surface area contributed by atoms with Crippen molar-refractivity contribution in [2.45, 2.75) is 6.54 Å². The molecule has 6 heteroatoms. The summed E-state index contributed by atoms with van der Waals surface area (Å²) in [6, 6.07) is 15.4. The van der Waals surface area contributed by atoms with Gasteiger partial charge >= 0.3 is 0 Å². The number of anilines is 1. The Balaban J connectivity index is 1.43. The first-order valence-electron chi connectivity index (χ1n) is 9.47. The Morgan fingerprint density at radius 3 is 2.71 bits per heavy atom. The van der Waals surface area contributed by atoms with Crippen molar-refractivity contribution in [1.29, 1.82) is 0 Å². The molecule has 0 aliphatic carbocycles. The number of oxazole rings is 1. The minimum Gasteiger partial charge on any atom is -0.444 e. The van der Waals surface area contributed by atoms with Gasteiger partial charge in [-0.05, 0) is 36.9 Å². The zero-order chi connectivity index (χ0) is 19.3. The predicted molar refractivity (Wildman–Crippen MR) is 109 cm³/mol. The highest BCUT2D eigenvalue weighted by Crippen LogP contribution is 2.22. The number of rotatable bonds is 5. The van der Waals surface area contributed by atoms with Crippen molar-refractivity contribution in [3.63, 3.8) is 0 Å². The Hall–Kier alpha value is -2.96. The van der Waals surface area contributed by atoms with Crippen LogP contribution < -0.4 is 5.32 Å². The van der Waals surface area contributed by atoms with E-state index in [1.807, 2.05) is 42.5 Å². The summed E-state index contributed by atoms with van der Waals surface area (Å²) in [6.45, 7) is 5.15. The number of hydrogen-bond donors (Lipinski definition) is 1. The number of nitrogens with zero attached hydrogens (tertiary/aromatic N) is 3. The van der Waals surface area contributed by atoms with Crippen molar-refractivity contribution in [3.05, 3.63) is 72.2 Å². The van der Waals surface area contributed by atoms with E-state index in [0.29, 0.717) is 11.3 Å². The smallest absolute Gasteiger partial charge is 0.255 e. The summed E-state index contributed by atoms with van der Waals surface area (Å²) in [7, 11) is 2.15. The maximum absolute atomic E-state index is 12.7. The van der Waals surface area contributed by atoms with Crippen molar-refractivity contribution in [2.75, 3.05) is 38.5 Å². The molecule has 0 unspecified atom stereocenters. The van der Waals surface area contributed by atoms with E-state index in [-0.39, 0.29) is 5.91 Å². The van der Waals surface area contributed by atoms with Gasteiger partial charge in [-0.1, -0.05) is 24.3 Å². The van der Waals surface area contributed by atoms with Crippen LogP contribution >= 0.6 is 0 Å². The van der Waals surface area contributed by atoms with Crippen LogP contribution in [0.2, 0.25) is 0 Å². The molecule has 144 valence electrons. The Labute approximate surface area is 164 Å². The van der Waals surface area contributed by atoms with Gasteiger partial charge in [-0.15, -0.1) is 0 Å². The molecule has 2 heterocycles. The highest BCUT2D eigenvalue weighted by molar-refractivity contribution is 6.04. The molecule has 1 aliphatic heterocycles. The highest BCUT2D eigenvalue weighted by Gasteiger charge is 2.15. The normalized spacial score (nSPS) is 15.5. The molecular weight excluding hydrogens is 352 g/mol. The number of amides is 1. The van der Waals surface area contributed by atoms with Crippen LogP contribution in [0.5, 0.6) is 0 Å². The van der Waals surface area contributed by atoms with Crippen molar-refractivity contribution < 1.29 is 9.21 Å². The minimum absolute atomic E-state index is 0.116. The molecule has 28 heavy (non-hydrogen) atoms. The molecule has 1 aromatic heterocycles. The van der Waals surface area contributed by atoms with Crippen LogP contribution in [0, 0.1) is 0 Å². The van der Waals surface area contributed by atoms with Gasteiger partial charge in [0.15, 0.2) is 12.2 Å². The van der Waals surface area contributed by atoms with Gasteiger partial charge in [0.2, 0.25) is 0 Å². The van der Waals surface area contributed by atoms with Crippen LogP contribution in [-0.4, -0.2) is 53.9 Å². The van der Waals surface area contributed by atoms with Crippen molar-refractivity contribution in [3.8, 4) is 11.3 Å². The number of likely N-dealkylation sites (N-methyl/N-ethyl adjacent to an activating group) is 1. The van der Waals surface area contributed by atoms with Gasteiger partial charge < -0.3 is 14.6 Å². The van der Waals surface area contributed by atoms with Crippen molar-refractivity contribution in [2.24, 2.45) is 0 Å². The summed E-state index contributed by atoms with van der Waals surface area (Å²) >= 11 is 0. The third-order valence-electron chi connectivity index (χ3n) is 5.03. The number of nitrogens with one attached hydrogen (secondary N) is 1. The first kappa shape index (κ1) is 18.4. The van der Waals surface area contributed by atoms with E-state index in [4.69, 9.17) is 4.42 Å². The van der Waals surface area contributed by atoms with Crippen LogP contribution in [0.3, 0.4) is 0 Å². The fourth-order valence-electron chi connectivity index (χ4n) is 3.39. The Morgan fingerprint density at radius 1 is 1.11 bits per heavy atom. The third kappa shape index (κ3) is 4.47. The summed E-state index contributed by atoms with van der Waals surface area (Å²) in [5.41, 5.74) is 3.42. The number of carbonyl (C=O) groups excluding carboxylic acids is 1. The van der Waals surface area contributed by atoms with Crippen LogP contribution in [0.15, 0.2) is 65.5 Å². The van der Waals surface area contributed by atoms with Crippen LogP contribution in [0.25, 0.3) is 11.3 Å². The second-order valence-electron chi connectivity index (χ2n) is 7.18. The fourth-order valence-corrected chi connectivity index (χ4v) is 3.39. The minimum atomic E-state index is -0.116. The molecule has 1 aliphatic rings. The summed E-state index contributed by atoms with van der Waals surface area (Å²) in [4.78, 5) is 21.4. The van der Waals surface area contributed by atoms with Crippen molar-refractivity contribution in [1.82, 2.24) is 14.8 Å². The fraction of sp³-hybridized carbons (Fsp3) is 0.273. The monoisotopic (exact) mass is 376 g/mol. The maximum atomic E-state index is 12.7. The molecular formula is C22H24N4O2. The average molecular weight is 376 g/mol. The molecule has 0 saturated carbocycles. The second-order valence-corrected chi connectivity index (χ2v) is 7.18. The molecule has 0 atom stereocenters. The first-order valence-corrected chi connectivity index (χ1v) is 9.47. The Bertz CT molecular complexity index is 931. The van der Waals surface area contributed by atoms with Crippen LogP contribution in [0.1, 0.15) is 15.9 Å². The van der Waals surface area contributed by atoms with E-state index in [9.17, 15) is 4.79 Å². The molecule has 1 fully saturated rings. The van der Waals surface area contributed by atoms with E-state index in [1.54, 1.807) is 6.20 Å². The number of benzene rings is 2. The van der Waals surface area contributed by atoms with E-state index < -0.39 is 0 Å². The molecule has 1 N–H and O–H groups in total. The van der Waals surface area contributed by atoms with Crippen molar-refractivity contribution >= 4 is 11.6 Å². The molecule has 0 bridgehead atoms. The van der Waals surface area contributed by atoms with Gasteiger partial charge in [-0.25, -0.2) is 4.98 Å². The lowest BCUT2D eigenvalue weighted by atomic mass is 10.1. The predicted octanol–water partition coefficient (Wildman–Crippen LogP) is 3.34. The molecule has 4 rings (SSSR count). The van der Waals surface area contributed by atoms with Gasteiger partial charge in [0.05, 0.1) is 6.20 Å². The Kier molecular flexibility index (Phi) is 5.50. The van der Waals surface area contributed by atoms with Gasteiger partial charge in [-0.2, -0.15) is 0 Å². The molecule has 2 aromatic carbocycles. The van der Waals surface area contributed by atoms with Crippen LogP contribution in [-0.2, 0) is 6.54 Å². The number of carbonyl (C=O) groups is 1. The second kappa shape index (κ2) is 8.37. The SMILES string of the molecule is CN1CCN(Cc2cccc(C(=O)Nc3cccc(-c4cnco4)c3)c2)CC1. The summed E-state index contributed by atoms with van der Waals surface area (Å²) in [5, 5.41) is 2.98. The van der Waals surface area contributed by atoms with Gasteiger partial charge in [-0.3, -0.25) is 9.69 Å². The highest BCUT2D eigenvalue weighted by atomic mass is 16.3. The largest absolute Gasteiger partial charge is 0.444 e. The molecule has 0 radical (unpaired) electrons. The molecule has 1 amide bonds. The van der Waals surface area contributed by atoms with Gasteiger partial charge in [0, 0.05) is 49.5 Å². The summed E-state index contributed by atoms with van der Waals surface area (Å²) < 4.78 is 5.33. The third-order valence-corrected chi connectivity index (χ3v) is 5.03. The number of aromatic nitrogens is 1. The lowest BCUT2D eigenvalue weighted by Crippen LogP contribution is -2.43. The molecule has 1 saturated heterocycles. The topological polar surface area (TPSA) is 61.6 Å². The quantitative estimate of drug-likeness (QED) is 0.740. The Morgan fingerprint density at radius 2 is 1.93 bits per heavy atom. The zero-order valence-corrected chi connectivity index (χ0v) is 16.0. The van der Waals surface area contributed by atoms with Gasteiger partial charge in [0.25, 0.3) is 5.91 Å². The number of hydrogen-bond acceptors (Lipinski definition) is 5. The van der Waals surface area contributed by atoms with E-state index in [1.165, 1.54) is 6.39 Å². The van der Waals surface area contributed by atoms with Crippen LogP contribution in [0.4, 0.5) is 5.69 Å². The van der Waals surface area contributed by atoms with E-state index in [2.05, 4.69) is 33.2 Å². The lowest BCUT2D eigenvalue weighted by Gasteiger charge is -2.32. The standard InChI is InChI=1S/C22H24N4O2/c1-25-8-10-26(11-9-25)15-17-4-2-6-19(12-17)22(27)24-20-7-3-5-18(13-20)21-14-23-16-28-21/h2-7,12-14,16H,8-11,15H2,1H3,(H,24,27). The van der Waals surface area contributed by atoms with Gasteiger partial charge in [0.1, 0.15) is 0 Å². The maximum Gasteiger partial charge on any atom is 0.255 e. The summed E-state index contributed by atoms with van der Waals surface area (Å²) in [6.07, 6.45) is 3.05. The van der Waals surface area contributed by atoms with E-state index >= 15 is 0 Å². The average Bonchev–Trinajstić information content (AvgIpc) is 3.25. The first-order chi connectivity index (χ1) is 13.7. The van der Waals surface area contributed by atoms with E-state index in [0.717, 1.165) is 49.5 Å².